The minimum absolute atomic E-state index is 0.0838. The van der Waals surface area contributed by atoms with Crippen LogP contribution in [0.5, 0.6) is 5.75 Å². The molecule has 1 aromatic heterocycles. The molecule has 0 saturated carbocycles. The minimum Gasteiger partial charge on any atom is -0.497 e. The van der Waals surface area contributed by atoms with Crippen molar-refractivity contribution in [2.24, 2.45) is 5.92 Å². The van der Waals surface area contributed by atoms with Crippen molar-refractivity contribution in [3.63, 3.8) is 0 Å². The normalized spacial score (nSPS) is 17.0. The predicted molar refractivity (Wildman–Crippen MR) is 104 cm³/mol. The summed E-state index contributed by atoms with van der Waals surface area (Å²) in [7, 11) is 1.68. The van der Waals surface area contributed by atoms with Crippen LogP contribution in [-0.2, 0) is 6.42 Å². The fourth-order valence-electron chi connectivity index (χ4n) is 3.39. The molecule has 0 radical (unpaired) electrons. The minimum atomic E-state index is 0.0838. The number of anilines is 1. The quantitative estimate of drug-likeness (QED) is 0.862. The van der Waals surface area contributed by atoms with Crippen LogP contribution in [0.4, 0.5) is 5.69 Å². The van der Waals surface area contributed by atoms with E-state index in [2.05, 4.69) is 23.3 Å². The lowest BCUT2D eigenvalue weighted by Crippen LogP contribution is -2.39. The van der Waals surface area contributed by atoms with Gasteiger partial charge in [-0.15, -0.1) is 0 Å². The SMILES string of the molecule is COc1cccc(CCNc2cncc(C(=O)N3CCCC(C)C3)c2)c1. The van der Waals surface area contributed by atoms with Crippen LogP contribution in [0.3, 0.4) is 0 Å². The van der Waals surface area contributed by atoms with Crippen LogP contribution < -0.4 is 10.1 Å². The summed E-state index contributed by atoms with van der Waals surface area (Å²) in [6, 6.07) is 9.96. The zero-order valence-electron chi connectivity index (χ0n) is 15.6. The second kappa shape index (κ2) is 8.70. The molecule has 1 saturated heterocycles. The van der Waals surface area contributed by atoms with E-state index in [0.717, 1.165) is 43.9 Å². The van der Waals surface area contributed by atoms with Crippen LogP contribution in [0.15, 0.2) is 42.7 Å². The van der Waals surface area contributed by atoms with Crippen LogP contribution >= 0.6 is 0 Å². The number of amides is 1. The molecule has 5 heteroatoms. The molecule has 1 aromatic carbocycles. The molecular formula is C21H27N3O2. The van der Waals surface area contributed by atoms with E-state index < -0.39 is 0 Å². The number of carbonyl (C=O) groups is 1. The molecule has 1 aliphatic heterocycles. The molecule has 0 aliphatic carbocycles. The largest absolute Gasteiger partial charge is 0.497 e. The molecule has 1 unspecified atom stereocenters. The zero-order chi connectivity index (χ0) is 18.4. The van der Waals surface area contributed by atoms with Gasteiger partial charge in [-0.05, 0) is 48.9 Å². The first-order valence-electron chi connectivity index (χ1n) is 9.27. The lowest BCUT2D eigenvalue weighted by atomic mass is 10.00. The third-order valence-corrected chi connectivity index (χ3v) is 4.81. The van der Waals surface area contributed by atoms with Gasteiger partial charge in [-0.1, -0.05) is 19.1 Å². The number of carbonyl (C=O) groups excluding carboxylic acids is 1. The summed E-state index contributed by atoms with van der Waals surface area (Å²) < 4.78 is 5.25. The number of aromatic nitrogens is 1. The van der Waals surface area contributed by atoms with Crippen molar-refractivity contribution in [1.82, 2.24) is 9.88 Å². The molecule has 26 heavy (non-hydrogen) atoms. The fourth-order valence-corrected chi connectivity index (χ4v) is 3.39. The van der Waals surface area contributed by atoms with E-state index in [9.17, 15) is 4.79 Å². The van der Waals surface area contributed by atoms with Gasteiger partial charge in [-0.2, -0.15) is 0 Å². The van der Waals surface area contributed by atoms with E-state index in [1.807, 2.05) is 29.2 Å². The molecule has 5 nitrogen and oxygen atoms in total. The van der Waals surface area contributed by atoms with Crippen LogP contribution in [-0.4, -0.2) is 42.5 Å². The van der Waals surface area contributed by atoms with Crippen LogP contribution in [0, 0.1) is 5.92 Å². The number of benzene rings is 1. The number of hydrogen-bond acceptors (Lipinski definition) is 4. The van der Waals surface area contributed by atoms with Crippen molar-refractivity contribution in [2.45, 2.75) is 26.2 Å². The Bertz CT molecular complexity index is 748. The Kier molecular flexibility index (Phi) is 6.10. The Morgan fingerprint density at radius 2 is 2.23 bits per heavy atom. The number of hydrogen-bond donors (Lipinski definition) is 1. The molecule has 2 aromatic rings. The first-order chi connectivity index (χ1) is 12.7. The topological polar surface area (TPSA) is 54.5 Å². The van der Waals surface area contributed by atoms with E-state index in [0.29, 0.717) is 11.5 Å². The number of ether oxygens (including phenoxy) is 1. The predicted octanol–water partition coefficient (Wildman–Crippen LogP) is 3.62. The highest BCUT2D eigenvalue weighted by Gasteiger charge is 2.22. The zero-order valence-corrected chi connectivity index (χ0v) is 15.6. The van der Waals surface area contributed by atoms with E-state index in [-0.39, 0.29) is 5.91 Å². The van der Waals surface area contributed by atoms with Crippen LogP contribution in [0.25, 0.3) is 0 Å². The third kappa shape index (κ3) is 4.75. The van der Waals surface area contributed by atoms with Crippen molar-refractivity contribution in [2.75, 3.05) is 32.1 Å². The van der Waals surface area contributed by atoms with Gasteiger partial charge in [-0.25, -0.2) is 0 Å². The van der Waals surface area contributed by atoms with E-state index in [1.54, 1.807) is 19.5 Å². The van der Waals surface area contributed by atoms with Gasteiger partial charge in [-0.3, -0.25) is 9.78 Å². The van der Waals surface area contributed by atoms with E-state index in [4.69, 9.17) is 4.74 Å². The maximum atomic E-state index is 12.7. The van der Waals surface area contributed by atoms with Crippen molar-refractivity contribution in [3.8, 4) is 5.75 Å². The average Bonchev–Trinajstić information content (AvgIpc) is 2.68. The molecule has 1 N–H and O–H groups in total. The number of nitrogens with zero attached hydrogens (tertiary/aromatic N) is 2. The van der Waals surface area contributed by atoms with E-state index in [1.165, 1.54) is 12.0 Å². The van der Waals surface area contributed by atoms with Crippen molar-refractivity contribution in [3.05, 3.63) is 53.9 Å². The van der Waals surface area contributed by atoms with Gasteiger partial charge in [0.25, 0.3) is 5.91 Å². The summed E-state index contributed by atoms with van der Waals surface area (Å²) in [5.74, 6) is 1.53. The summed E-state index contributed by atoms with van der Waals surface area (Å²) >= 11 is 0. The van der Waals surface area contributed by atoms with E-state index >= 15 is 0 Å². The molecule has 0 spiro atoms. The van der Waals surface area contributed by atoms with Gasteiger partial charge in [0.15, 0.2) is 0 Å². The van der Waals surface area contributed by atoms with Crippen molar-refractivity contribution >= 4 is 11.6 Å². The lowest BCUT2D eigenvalue weighted by Gasteiger charge is -2.31. The smallest absolute Gasteiger partial charge is 0.255 e. The summed E-state index contributed by atoms with van der Waals surface area (Å²) in [6.07, 6.45) is 6.59. The van der Waals surface area contributed by atoms with Gasteiger partial charge in [0.05, 0.1) is 18.4 Å². The first-order valence-corrected chi connectivity index (χ1v) is 9.27. The molecule has 1 atom stereocenters. The number of rotatable bonds is 6. The molecule has 1 amide bonds. The number of piperidine rings is 1. The number of nitrogens with one attached hydrogen (secondary N) is 1. The summed E-state index contributed by atoms with van der Waals surface area (Å²) in [4.78, 5) is 18.9. The Morgan fingerprint density at radius 3 is 3.04 bits per heavy atom. The standard InChI is InChI=1S/C21H27N3O2/c1-16-5-4-10-24(15-16)21(25)18-12-19(14-22-13-18)23-9-8-17-6-3-7-20(11-17)26-2/h3,6-7,11-14,16,23H,4-5,8-10,15H2,1-2H3. The summed E-state index contributed by atoms with van der Waals surface area (Å²) in [5.41, 5.74) is 2.74. The Morgan fingerprint density at radius 1 is 1.35 bits per heavy atom. The monoisotopic (exact) mass is 353 g/mol. The van der Waals surface area contributed by atoms with Gasteiger partial charge >= 0.3 is 0 Å². The second-order valence-corrected chi connectivity index (χ2v) is 6.99. The molecule has 0 bridgehead atoms. The lowest BCUT2D eigenvalue weighted by molar-refractivity contribution is 0.0682. The molecular weight excluding hydrogens is 326 g/mol. The fraction of sp³-hybridized carbons (Fsp3) is 0.429. The summed E-state index contributed by atoms with van der Waals surface area (Å²) in [6.45, 7) is 4.66. The maximum absolute atomic E-state index is 12.7. The number of methoxy groups -OCH3 is 1. The highest BCUT2D eigenvalue weighted by atomic mass is 16.5. The van der Waals surface area contributed by atoms with Crippen molar-refractivity contribution in [1.29, 1.82) is 0 Å². The summed E-state index contributed by atoms with van der Waals surface area (Å²) in [5, 5.41) is 3.36. The molecule has 1 fully saturated rings. The highest BCUT2D eigenvalue weighted by molar-refractivity contribution is 5.94. The average molecular weight is 353 g/mol. The number of likely N-dealkylation sites (tertiary alicyclic amines) is 1. The van der Waals surface area contributed by atoms with Crippen LogP contribution in [0.1, 0.15) is 35.7 Å². The third-order valence-electron chi connectivity index (χ3n) is 4.81. The molecule has 3 rings (SSSR count). The highest BCUT2D eigenvalue weighted by Crippen LogP contribution is 2.19. The second-order valence-electron chi connectivity index (χ2n) is 6.99. The number of pyridine rings is 1. The Labute approximate surface area is 155 Å². The van der Waals surface area contributed by atoms with Crippen LogP contribution in [0.2, 0.25) is 0 Å². The van der Waals surface area contributed by atoms with Gasteiger partial charge in [0, 0.05) is 32.0 Å². The van der Waals surface area contributed by atoms with Gasteiger partial charge in [0.2, 0.25) is 0 Å². The van der Waals surface area contributed by atoms with Gasteiger partial charge in [0.1, 0.15) is 5.75 Å². The maximum Gasteiger partial charge on any atom is 0.255 e. The van der Waals surface area contributed by atoms with Gasteiger partial charge < -0.3 is 15.0 Å². The molecule has 1 aliphatic rings. The van der Waals surface area contributed by atoms with Crippen molar-refractivity contribution < 1.29 is 9.53 Å². The molecule has 138 valence electrons. The Hall–Kier alpha value is -2.56. The Balaban J connectivity index is 1.57. The molecule has 2 heterocycles. The first kappa shape index (κ1) is 18.2.